The van der Waals surface area contributed by atoms with E-state index >= 15 is 0 Å². The molecule has 1 aromatic rings. The van der Waals surface area contributed by atoms with Gasteiger partial charge < -0.3 is 25.2 Å². The smallest absolute Gasteiger partial charge is 0.220 e. The summed E-state index contributed by atoms with van der Waals surface area (Å²) in [5.74, 6) is 1.27. The second-order valence-electron chi connectivity index (χ2n) is 7.96. The highest BCUT2D eigenvalue weighted by Crippen LogP contribution is 2.28. The highest BCUT2D eigenvalue weighted by molar-refractivity contribution is 5.75. The molecule has 0 aromatic heterocycles. The standard InChI is InChI=1S/C24H42N2O4/c1-5-7-8-9-10-11-12-24(28)26-16-20-13-14-22(23(15-20)29-4)30-18-21(27)17-25-19(3)6-2/h13-15,19,21,25,27H,5-12,16-18H2,1-4H3,(H,26,28). The molecule has 30 heavy (non-hydrogen) atoms. The zero-order valence-corrected chi connectivity index (χ0v) is 19.3. The lowest BCUT2D eigenvalue weighted by Gasteiger charge is -2.18. The Hall–Kier alpha value is -1.79. The first-order chi connectivity index (χ1) is 14.5. The van der Waals surface area contributed by atoms with Gasteiger partial charge >= 0.3 is 0 Å². The third kappa shape index (κ3) is 11.4. The Bertz CT molecular complexity index is 595. The summed E-state index contributed by atoms with van der Waals surface area (Å²) in [6.07, 6.45) is 8.05. The number of carbonyl (C=O) groups excluding carboxylic acids is 1. The van der Waals surface area contributed by atoms with Crippen molar-refractivity contribution in [3.05, 3.63) is 23.8 Å². The number of benzene rings is 1. The number of rotatable bonds is 17. The van der Waals surface area contributed by atoms with Crippen LogP contribution in [0.2, 0.25) is 0 Å². The van der Waals surface area contributed by atoms with Crippen LogP contribution in [0.4, 0.5) is 0 Å². The van der Waals surface area contributed by atoms with Crippen LogP contribution in [0, 0.1) is 0 Å². The molecule has 0 spiro atoms. The normalized spacial score (nSPS) is 13.0. The molecule has 0 bridgehead atoms. The number of ether oxygens (including phenoxy) is 2. The summed E-state index contributed by atoms with van der Waals surface area (Å²) in [5, 5.41) is 16.3. The van der Waals surface area contributed by atoms with Gasteiger partial charge in [0.05, 0.1) is 7.11 Å². The first-order valence-corrected chi connectivity index (χ1v) is 11.5. The van der Waals surface area contributed by atoms with E-state index < -0.39 is 6.10 Å². The molecule has 0 heterocycles. The van der Waals surface area contributed by atoms with Gasteiger partial charge in [-0.15, -0.1) is 0 Å². The van der Waals surface area contributed by atoms with Crippen LogP contribution in [0.3, 0.4) is 0 Å². The third-order valence-corrected chi connectivity index (χ3v) is 5.22. The van der Waals surface area contributed by atoms with E-state index in [1.165, 1.54) is 25.7 Å². The molecule has 1 rings (SSSR count). The maximum atomic E-state index is 12.0. The van der Waals surface area contributed by atoms with Crippen LogP contribution in [0.25, 0.3) is 0 Å². The second kappa shape index (κ2) is 16.0. The van der Waals surface area contributed by atoms with Crippen molar-refractivity contribution < 1.29 is 19.4 Å². The molecule has 0 fully saturated rings. The fourth-order valence-electron chi connectivity index (χ4n) is 3.02. The van der Waals surface area contributed by atoms with Crippen molar-refractivity contribution >= 4 is 5.91 Å². The van der Waals surface area contributed by atoms with E-state index in [9.17, 15) is 9.90 Å². The number of unbranched alkanes of at least 4 members (excludes halogenated alkanes) is 5. The van der Waals surface area contributed by atoms with Gasteiger partial charge in [0.15, 0.2) is 11.5 Å². The summed E-state index contributed by atoms with van der Waals surface area (Å²) in [4.78, 5) is 12.0. The Balaban J connectivity index is 2.37. The average molecular weight is 423 g/mol. The number of amides is 1. The minimum atomic E-state index is -0.593. The van der Waals surface area contributed by atoms with E-state index in [1.807, 2.05) is 18.2 Å². The van der Waals surface area contributed by atoms with Gasteiger partial charge in [0.2, 0.25) is 5.91 Å². The predicted octanol–water partition coefficient (Wildman–Crippen LogP) is 4.19. The zero-order chi connectivity index (χ0) is 22.2. The van der Waals surface area contributed by atoms with E-state index in [4.69, 9.17) is 9.47 Å². The van der Waals surface area contributed by atoms with Gasteiger partial charge in [0.25, 0.3) is 0 Å². The maximum Gasteiger partial charge on any atom is 0.220 e. The maximum absolute atomic E-state index is 12.0. The van der Waals surface area contributed by atoms with Crippen LogP contribution < -0.4 is 20.1 Å². The minimum Gasteiger partial charge on any atom is -0.493 e. The topological polar surface area (TPSA) is 79.8 Å². The molecular weight excluding hydrogens is 380 g/mol. The van der Waals surface area contributed by atoms with Crippen LogP contribution in [-0.2, 0) is 11.3 Å². The van der Waals surface area contributed by atoms with Gasteiger partial charge in [0.1, 0.15) is 12.7 Å². The number of methoxy groups -OCH3 is 1. The first kappa shape index (κ1) is 26.2. The molecule has 0 radical (unpaired) electrons. The molecule has 0 saturated carbocycles. The molecule has 6 heteroatoms. The number of aliphatic hydroxyl groups is 1. The number of nitrogens with one attached hydrogen (secondary N) is 2. The van der Waals surface area contributed by atoms with Gasteiger partial charge in [-0.05, 0) is 37.5 Å². The number of aliphatic hydroxyl groups excluding tert-OH is 1. The van der Waals surface area contributed by atoms with E-state index in [0.29, 0.717) is 37.1 Å². The number of carbonyl (C=O) groups is 1. The van der Waals surface area contributed by atoms with Gasteiger partial charge in [-0.1, -0.05) is 52.0 Å². The average Bonchev–Trinajstić information content (AvgIpc) is 2.76. The molecule has 172 valence electrons. The Morgan fingerprint density at radius 1 is 1.10 bits per heavy atom. The van der Waals surface area contributed by atoms with Crippen molar-refractivity contribution in [3.8, 4) is 11.5 Å². The van der Waals surface area contributed by atoms with Crippen molar-refractivity contribution in [2.75, 3.05) is 20.3 Å². The Morgan fingerprint density at radius 3 is 2.53 bits per heavy atom. The molecule has 6 nitrogen and oxygen atoms in total. The number of hydrogen-bond donors (Lipinski definition) is 3. The van der Waals surface area contributed by atoms with Crippen molar-refractivity contribution in [1.29, 1.82) is 0 Å². The van der Waals surface area contributed by atoms with Crippen LogP contribution in [0.5, 0.6) is 11.5 Å². The predicted molar refractivity (Wildman–Crippen MR) is 122 cm³/mol. The van der Waals surface area contributed by atoms with E-state index in [1.54, 1.807) is 7.11 Å². The van der Waals surface area contributed by atoms with Gasteiger partial charge in [-0.25, -0.2) is 0 Å². The quantitative estimate of drug-likeness (QED) is 0.328. The molecule has 0 aliphatic rings. The summed E-state index contributed by atoms with van der Waals surface area (Å²) < 4.78 is 11.1. The van der Waals surface area contributed by atoms with Crippen LogP contribution >= 0.6 is 0 Å². The second-order valence-corrected chi connectivity index (χ2v) is 7.96. The lowest BCUT2D eigenvalue weighted by molar-refractivity contribution is -0.121. The summed E-state index contributed by atoms with van der Waals surface area (Å²) >= 11 is 0. The third-order valence-electron chi connectivity index (χ3n) is 5.22. The highest BCUT2D eigenvalue weighted by Gasteiger charge is 2.11. The summed E-state index contributed by atoms with van der Waals surface area (Å²) in [7, 11) is 1.59. The fourth-order valence-corrected chi connectivity index (χ4v) is 3.02. The molecule has 2 atom stereocenters. The Morgan fingerprint density at radius 2 is 1.83 bits per heavy atom. The van der Waals surface area contributed by atoms with Crippen LogP contribution in [0.1, 0.15) is 77.7 Å². The highest BCUT2D eigenvalue weighted by atomic mass is 16.5. The lowest BCUT2D eigenvalue weighted by atomic mass is 10.1. The molecule has 1 amide bonds. The molecule has 2 unspecified atom stereocenters. The van der Waals surface area contributed by atoms with Crippen LogP contribution in [-0.4, -0.2) is 43.4 Å². The largest absolute Gasteiger partial charge is 0.493 e. The molecule has 0 aliphatic heterocycles. The summed E-state index contributed by atoms with van der Waals surface area (Å²) in [5.41, 5.74) is 0.953. The van der Waals surface area contributed by atoms with Gasteiger partial charge in [-0.3, -0.25) is 4.79 Å². The fraction of sp³-hybridized carbons (Fsp3) is 0.708. The Labute approximate surface area is 182 Å². The first-order valence-electron chi connectivity index (χ1n) is 11.5. The summed E-state index contributed by atoms with van der Waals surface area (Å²) in [6, 6.07) is 5.96. The monoisotopic (exact) mass is 422 g/mol. The molecule has 0 saturated heterocycles. The van der Waals surface area contributed by atoms with E-state index in [-0.39, 0.29) is 12.5 Å². The van der Waals surface area contributed by atoms with Crippen LogP contribution in [0.15, 0.2) is 18.2 Å². The Kier molecular flexibility index (Phi) is 14.0. The molecule has 3 N–H and O–H groups in total. The summed E-state index contributed by atoms with van der Waals surface area (Å²) in [6.45, 7) is 7.53. The molecule has 1 aromatic carbocycles. The van der Waals surface area contributed by atoms with Crippen molar-refractivity contribution in [3.63, 3.8) is 0 Å². The lowest BCUT2D eigenvalue weighted by Crippen LogP contribution is -2.36. The molecular formula is C24H42N2O4. The zero-order valence-electron chi connectivity index (χ0n) is 19.3. The number of hydrogen-bond acceptors (Lipinski definition) is 5. The van der Waals surface area contributed by atoms with Crippen molar-refractivity contribution in [2.45, 2.75) is 90.8 Å². The SMILES string of the molecule is CCCCCCCCC(=O)NCc1ccc(OCC(O)CNC(C)CC)c(OC)c1. The van der Waals surface area contributed by atoms with Gasteiger partial charge in [0, 0.05) is 25.6 Å². The van der Waals surface area contributed by atoms with Crippen molar-refractivity contribution in [2.24, 2.45) is 0 Å². The molecule has 0 aliphatic carbocycles. The van der Waals surface area contributed by atoms with E-state index in [0.717, 1.165) is 24.8 Å². The van der Waals surface area contributed by atoms with Gasteiger partial charge in [-0.2, -0.15) is 0 Å². The van der Waals surface area contributed by atoms with E-state index in [2.05, 4.69) is 31.4 Å². The van der Waals surface area contributed by atoms with Crippen molar-refractivity contribution in [1.82, 2.24) is 10.6 Å². The minimum absolute atomic E-state index is 0.0849.